The van der Waals surface area contributed by atoms with Crippen molar-refractivity contribution >= 4 is 17.2 Å². The molecule has 51 valence electrons. The standard InChI is InChI=1S/C7H7N2S/c1-5-2-3-9-6(4-5)7(8)10/h3-4H,1H3,(H2,8,10). The minimum Gasteiger partial charge on any atom is -0.388 e. The van der Waals surface area contributed by atoms with Crippen LogP contribution >= 0.6 is 12.2 Å². The van der Waals surface area contributed by atoms with E-state index in [1.54, 1.807) is 6.20 Å². The van der Waals surface area contributed by atoms with Gasteiger partial charge in [-0.3, -0.25) is 4.98 Å². The highest BCUT2D eigenvalue weighted by Crippen LogP contribution is 1.97. The van der Waals surface area contributed by atoms with Crippen molar-refractivity contribution in [2.24, 2.45) is 5.73 Å². The number of nitrogens with zero attached hydrogens (tertiary/aromatic N) is 1. The maximum absolute atomic E-state index is 5.34. The fourth-order valence-electron chi connectivity index (χ4n) is 0.622. The van der Waals surface area contributed by atoms with Crippen molar-refractivity contribution < 1.29 is 0 Å². The maximum Gasteiger partial charge on any atom is 0.122 e. The highest BCUT2D eigenvalue weighted by Gasteiger charge is 1.95. The Kier molecular flexibility index (Phi) is 1.97. The van der Waals surface area contributed by atoms with Crippen LogP contribution in [0.2, 0.25) is 0 Å². The van der Waals surface area contributed by atoms with Gasteiger partial charge in [0.25, 0.3) is 0 Å². The number of aromatic nitrogens is 1. The van der Waals surface area contributed by atoms with Crippen LogP contribution in [0.4, 0.5) is 0 Å². The molecule has 0 aliphatic rings. The molecule has 0 aliphatic carbocycles. The molecule has 1 heterocycles. The van der Waals surface area contributed by atoms with E-state index in [4.69, 9.17) is 18.0 Å². The fourth-order valence-corrected chi connectivity index (χ4v) is 0.734. The van der Waals surface area contributed by atoms with E-state index in [0.29, 0.717) is 10.7 Å². The van der Waals surface area contributed by atoms with Gasteiger partial charge in [-0.1, -0.05) is 12.2 Å². The Hall–Kier alpha value is -0.960. The van der Waals surface area contributed by atoms with Crippen LogP contribution in [-0.2, 0) is 0 Å². The molecule has 0 saturated heterocycles. The van der Waals surface area contributed by atoms with Gasteiger partial charge < -0.3 is 5.73 Å². The maximum atomic E-state index is 5.34. The Bertz CT molecular complexity index is 258. The van der Waals surface area contributed by atoms with Crippen LogP contribution in [0.15, 0.2) is 12.3 Å². The van der Waals surface area contributed by atoms with Gasteiger partial charge in [-0.25, -0.2) is 0 Å². The predicted molar refractivity (Wildman–Crippen MR) is 43.7 cm³/mol. The summed E-state index contributed by atoms with van der Waals surface area (Å²) in [6.07, 6.45) is 1.57. The molecule has 1 radical (unpaired) electrons. The van der Waals surface area contributed by atoms with Crippen LogP contribution in [-0.4, -0.2) is 9.97 Å². The van der Waals surface area contributed by atoms with Crippen LogP contribution in [0.5, 0.6) is 0 Å². The molecule has 0 atom stereocenters. The Morgan fingerprint density at radius 1 is 1.80 bits per heavy atom. The normalized spacial score (nSPS) is 9.30. The van der Waals surface area contributed by atoms with Gasteiger partial charge in [0.2, 0.25) is 0 Å². The Balaban J connectivity index is 3.07. The molecule has 0 amide bonds. The molecular formula is C7H7N2S. The lowest BCUT2D eigenvalue weighted by atomic mass is 10.2. The second kappa shape index (κ2) is 2.75. The monoisotopic (exact) mass is 151 g/mol. The molecule has 1 rings (SSSR count). The van der Waals surface area contributed by atoms with Crippen molar-refractivity contribution in [1.82, 2.24) is 4.98 Å². The molecule has 0 aliphatic heterocycles. The number of hydrogen-bond donors (Lipinski definition) is 1. The highest BCUT2D eigenvalue weighted by molar-refractivity contribution is 7.80. The highest BCUT2D eigenvalue weighted by atomic mass is 32.1. The van der Waals surface area contributed by atoms with E-state index in [1.807, 2.05) is 13.0 Å². The van der Waals surface area contributed by atoms with Crippen molar-refractivity contribution in [1.29, 1.82) is 0 Å². The summed E-state index contributed by atoms with van der Waals surface area (Å²) in [5.41, 5.74) is 6.99. The van der Waals surface area contributed by atoms with Crippen LogP contribution < -0.4 is 5.73 Å². The van der Waals surface area contributed by atoms with Gasteiger partial charge in [-0.05, 0) is 18.6 Å². The first kappa shape index (κ1) is 7.15. The molecule has 3 heteroatoms. The van der Waals surface area contributed by atoms with Gasteiger partial charge in [0.05, 0.1) is 5.69 Å². The van der Waals surface area contributed by atoms with Gasteiger partial charge >= 0.3 is 0 Å². The van der Waals surface area contributed by atoms with Crippen LogP contribution in [0.25, 0.3) is 0 Å². The third-order valence-corrected chi connectivity index (χ3v) is 1.31. The minimum absolute atomic E-state index is 0.331. The molecule has 0 fully saturated rings. The lowest BCUT2D eigenvalue weighted by molar-refractivity contribution is 1.25. The number of aryl methyl sites for hydroxylation is 1. The van der Waals surface area contributed by atoms with Gasteiger partial charge in [0.15, 0.2) is 0 Å². The van der Waals surface area contributed by atoms with Crippen LogP contribution in [0.3, 0.4) is 0 Å². The van der Waals surface area contributed by atoms with E-state index in [0.717, 1.165) is 5.56 Å². The quantitative estimate of drug-likeness (QED) is 0.604. The summed E-state index contributed by atoms with van der Waals surface area (Å²) in [4.78, 5) is 4.25. The summed E-state index contributed by atoms with van der Waals surface area (Å²) in [6, 6.07) is 4.71. The van der Waals surface area contributed by atoms with E-state index >= 15 is 0 Å². The summed E-state index contributed by atoms with van der Waals surface area (Å²) in [5.74, 6) is 0. The Labute approximate surface area is 65.1 Å². The predicted octanol–water partition coefficient (Wildman–Crippen LogP) is 0.824. The number of thiocarbonyl (C=S) groups is 1. The Morgan fingerprint density at radius 3 is 2.90 bits per heavy atom. The lowest BCUT2D eigenvalue weighted by Gasteiger charge is -1.95. The third kappa shape index (κ3) is 1.51. The van der Waals surface area contributed by atoms with Crippen molar-refractivity contribution in [2.45, 2.75) is 6.92 Å². The van der Waals surface area contributed by atoms with Gasteiger partial charge in [0.1, 0.15) is 4.99 Å². The van der Waals surface area contributed by atoms with Gasteiger partial charge in [0, 0.05) is 12.3 Å². The molecule has 0 bridgehead atoms. The molecule has 0 unspecified atom stereocenters. The minimum atomic E-state index is 0.331. The van der Waals surface area contributed by atoms with Crippen molar-refractivity contribution in [3.63, 3.8) is 0 Å². The second-order valence-corrected chi connectivity index (χ2v) is 2.42. The van der Waals surface area contributed by atoms with Crippen molar-refractivity contribution in [2.75, 3.05) is 0 Å². The summed E-state index contributed by atoms with van der Waals surface area (Å²) in [5, 5.41) is 0. The molecule has 0 aromatic carbocycles. The molecule has 0 saturated carbocycles. The summed E-state index contributed by atoms with van der Waals surface area (Å²) >= 11 is 4.72. The average Bonchev–Trinajstić information content (AvgIpc) is 1.88. The molecule has 2 nitrogen and oxygen atoms in total. The van der Waals surface area contributed by atoms with Crippen LogP contribution in [0, 0.1) is 13.0 Å². The number of nitrogens with two attached hydrogens (primary N) is 1. The van der Waals surface area contributed by atoms with E-state index < -0.39 is 0 Å². The average molecular weight is 151 g/mol. The smallest absolute Gasteiger partial charge is 0.122 e. The van der Waals surface area contributed by atoms with Gasteiger partial charge in [-0.15, -0.1) is 0 Å². The van der Waals surface area contributed by atoms with Crippen molar-refractivity contribution in [3.8, 4) is 0 Å². The summed E-state index contributed by atoms with van der Waals surface area (Å²) in [7, 11) is 0. The lowest BCUT2D eigenvalue weighted by Crippen LogP contribution is -2.11. The zero-order valence-corrected chi connectivity index (χ0v) is 6.40. The number of hydrogen-bond acceptors (Lipinski definition) is 2. The second-order valence-electron chi connectivity index (χ2n) is 1.98. The largest absolute Gasteiger partial charge is 0.388 e. The number of pyridine rings is 1. The first-order chi connectivity index (χ1) is 4.70. The first-order valence-electron chi connectivity index (χ1n) is 2.84. The molecule has 2 N–H and O–H groups in total. The van der Waals surface area contributed by atoms with E-state index in [1.165, 1.54) is 0 Å². The molecular weight excluding hydrogens is 144 g/mol. The van der Waals surface area contributed by atoms with Crippen LogP contribution in [0.1, 0.15) is 11.3 Å². The molecule has 1 aromatic heterocycles. The summed E-state index contributed by atoms with van der Waals surface area (Å²) < 4.78 is 0. The van der Waals surface area contributed by atoms with E-state index in [-0.39, 0.29) is 0 Å². The SMILES string of the molecule is Cc1[c]cnc(C(N)=S)c1. The van der Waals surface area contributed by atoms with E-state index in [2.05, 4.69) is 11.1 Å². The molecule has 1 aromatic rings. The van der Waals surface area contributed by atoms with E-state index in [9.17, 15) is 0 Å². The van der Waals surface area contributed by atoms with Gasteiger partial charge in [-0.2, -0.15) is 0 Å². The third-order valence-electron chi connectivity index (χ3n) is 1.10. The first-order valence-corrected chi connectivity index (χ1v) is 3.25. The topological polar surface area (TPSA) is 38.9 Å². The fraction of sp³-hybridized carbons (Fsp3) is 0.143. The zero-order valence-electron chi connectivity index (χ0n) is 5.59. The number of rotatable bonds is 1. The van der Waals surface area contributed by atoms with Crippen molar-refractivity contribution in [3.05, 3.63) is 29.6 Å². The zero-order chi connectivity index (χ0) is 7.56. The summed E-state index contributed by atoms with van der Waals surface area (Å²) in [6.45, 7) is 1.92. The Morgan fingerprint density at radius 2 is 2.50 bits per heavy atom. The molecule has 10 heavy (non-hydrogen) atoms. The molecule has 0 spiro atoms.